The number of nitrogens with one attached hydrogen (secondary N) is 2. The van der Waals surface area contributed by atoms with Crippen molar-refractivity contribution >= 4 is 28.2 Å². The number of fused-ring (bicyclic) bond motifs is 1. The summed E-state index contributed by atoms with van der Waals surface area (Å²) in [7, 11) is 0. The topological polar surface area (TPSA) is 88.2 Å². The summed E-state index contributed by atoms with van der Waals surface area (Å²) in [5, 5.41) is 12.4. The van der Waals surface area contributed by atoms with Gasteiger partial charge in [0.2, 0.25) is 0 Å². The van der Waals surface area contributed by atoms with Gasteiger partial charge in [0.25, 0.3) is 5.91 Å². The summed E-state index contributed by atoms with van der Waals surface area (Å²) in [6.07, 6.45) is 4.90. The van der Waals surface area contributed by atoms with E-state index in [4.69, 9.17) is 15.9 Å². The van der Waals surface area contributed by atoms with Crippen LogP contribution in [-0.4, -0.2) is 17.8 Å². The molecule has 0 aromatic heterocycles. The molecule has 3 aromatic carbocycles. The molecule has 0 heterocycles. The zero-order valence-corrected chi connectivity index (χ0v) is 15.6. The van der Waals surface area contributed by atoms with E-state index in [1.807, 2.05) is 48.5 Å². The van der Waals surface area contributed by atoms with E-state index < -0.39 is 0 Å². The molecule has 0 bridgehead atoms. The van der Waals surface area contributed by atoms with Gasteiger partial charge in [-0.1, -0.05) is 24.3 Å². The normalized spacial score (nSPS) is 14.1. The van der Waals surface area contributed by atoms with Crippen LogP contribution >= 0.6 is 0 Å². The first kappa shape index (κ1) is 18.0. The number of nitrogen functional groups attached to an aromatic ring is 1. The molecule has 0 atom stereocenters. The molecule has 1 fully saturated rings. The fourth-order valence-electron chi connectivity index (χ4n) is 3.60. The van der Waals surface area contributed by atoms with Crippen molar-refractivity contribution in [3.63, 3.8) is 0 Å². The van der Waals surface area contributed by atoms with Crippen molar-refractivity contribution in [1.29, 1.82) is 5.41 Å². The second kappa shape index (κ2) is 7.72. The van der Waals surface area contributed by atoms with Crippen LogP contribution in [0.15, 0.2) is 60.7 Å². The summed E-state index contributed by atoms with van der Waals surface area (Å²) in [6, 6.07) is 18.6. The minimum Gasteiger partial charge on any atom is -0.490 e. The fourth-order valence-corrected chi connectivity index (χ4v) is 3.60. The van der Waals surface area contributed by atoms with Crippen LogP contribution in [0.1, 0.15) is 41.6 Å². The van der Waals surface area contributed by atoms with Crippen LogP contribution in [-0.2, 0) is 0 Å². The Kier molecular flexibility index (Phi) is 4.98. The first-order valence-electron chi connectivity index (χ1n) is 9.55. The van der Waals surface area contributed by atoms with Gasteiger partial charge in [0.05, 0.1) is 6.10 Å². The first-order valence-corrected chi connectivity index (χ1v) is 9.55. The number of benzene rings is 3. The number of rotatable bonds is 5. The van der Waals surface area contributed by atoms with Crippen LogP contribution < -0.4 is 15.8 Å². The van der Waals surface area contributed by atoms with Crippen LogP contribution in [0.4, 0.5) is 5.69 Å². The molecule has 0 aliphatic heterocycles. The SMILES string of the molecule is N=C(N)c1ccc2ccc(C(=O)Nc3cccc(OC4CCCC4)c3)cc2c1. The van der Waals surface area contributed by atoms with E-state index in [0.717, 1.165) is 29.4 Å². The summed E-state index contributed by atoms with van der Waals surface area (Å²) in [5.41, 5.74) is 7.47. The highest BCUT2D eigenvalue weighted by Gasteiger charge is 2.16. The number of hydrogen-bond donors (Lipinski definition) is 3. The minimum absolute atomic E-state index is 0.0100. The quantitative estimate of drug-likeness (QED) is 0.447. The highest BCUT2D eigenvalue weighted by atomic mass is 16.5. The third kappa shape index (κ3) is 3.98. The van der Waals surface area contributed by atoms with E-state index in [0.29, 0.717) is 16.8 Å². The summed E-state index contributed by atoms with van der Waals surface area (Å²) in [6.45, 7) is 0. The molecule has 0 unspecified atom stereocenters. The van der Waals surface area contributed by atoms with E-state index in [2.05, 4.69) is 5.32 Å². The number of anilines is 1. The summed E-state index contributed by atoms with van der Waals surface area (Å²) < 4.78 is 6.01. The predicted molar refractivity (Wildman–Crippen MR) is 112 cm³/mol. The smallest absolute Gasteiger partial charge is 0.255 e. The van der Waals surface area contributed by atoms with Crippen molar-refractivity contribution in [2.24, 2.45) is 5.73 Å². The van der Waals surface area contributed by atoms with Gasteiger partial charge in [-0.05, 0) is 66.8 Å². The Balaban J connectivity index is 1.52. The van der Waals surface area contributed by atoms with Gasteiger partial charge in [0.15, 0.2) is 0 Å². The summed E-state index contributed by atoms with van der Waals surface area (Å²) in [4.78, 5) is 12.7. The molecule has 0 saturated heterocycles. The second-order valence-corrected chi connectivity index (χ2v) is 7.20. The maximum atomic E-state index is 12.7. The van der Waals surface area contributed by atoms with Gasteiger partial charge < -0.3 is 15.8 Å². The molecule has 4 N–H and O–H groups in total. The minimum atomic E-state index is -0.187. The van der Waals surface area contributed by atoms with E-state index in [1.54, 1.807) is 12.1 Å². The number of carbonyl (C=O) groups is 1. The molecular formula is C23H23N3O2. The first-order chi connectivity index (χ1) is 13.6. The van der Waals surface area contributed by atoms with Gasteiger partial charge in [-0.2, -0.15) is 0 Å². The zero-order valence-electron chi connectivity index (χ0n) is 15.6. The van der Waals surface area contributed by atoms with Crippen molar-refractivity contribution in [3.05, 3.63) is 71.8 Å². The monoisotopic (exact) mass is 373 g/mol. The molecular weight excluding hydrogens is 350 g/mol. The average molecular weight is 373 g/mol. The van der Waals surface area contributed by atoms with Gasteiger partial charge >= 0.3 is 0 Å². The molecule has 142 valence electrons. The van der Waals surface area contributed by atoms with Gasteiger partial charge in [-0.25, -0.2) is 0 Å². The number of nitrogens with two attached hydrogens (primary N) is 1. The average Bonchev–Trinajstić information content (AvgIpc) is 3.20. The van der Waals surface area contributed by atoms with Crippen molar-refractivity contribution in [1.82, 2.24) is 0 Å². The van der Waals surface area contributed by atoms with Crippen LogP contribution in [0.2, 0.25) is 0 Å². The lowest BCUT2D eigenvalue weighted by Gasteiger charge is -2.14. The molecule has 28 heavy (non-hydrogen) atoms. The van der Waals surface area contributed by atoms with Crippen LogP contribution in [0.3, 0.4) is 0 Å². The van der Waals surface area contributed by atoms with Gasteiger partial charge in [0.1, 0.15) is 11.6 Å². The van der Waals surface area contributed by atoms with Gasteiger partial charge in [-0.3, -0.25) is 10.2 Å². The van der Waals surface area contributed by atoms with Gasteiger partial charge in [-0.15, -0.1) is 0 Å². The molecule has 0 spiro atoms. The van der Waals surface area contributed by atoms with Crippen molar-refractivity contribution in [2.75, 3.05) is 5.32 Å². The summed E-state index contributed by atoms with van der Waals surface area (Å²) in [5.74, 6) is 0.610. The molecule has 1 aliphatic carbocycles. The van der Waals surface area contributed by atoms with Crippen molar-refractivity contribution in [3.8, 4) is 5.75 Å². The Hall–Kier alpha value is -3.34. The Morgan fingerprint density at radius 3 is 2.43 bits per heavy atom. The van der Waals surface area contributed by atoms with Crippen molar-refractivity contribution < 1.29 is 9.53 Å². The molecule has 4 rings (SSSR count). The second-order valence-electron chi connectivity index (χ2n) is 7.20. The number of amidine groups is 1. The molecule has 5 nitrogen and oxygen atoms in total. The van der Waals surface area contributed by atoms with E-state index in [1.165, 1.54) is 12.8 Å². The third-order valence-corrected chi connectivity index (χ3v) is 5.11. The highest BCUT2D eigenvalue weighted by molar-refractivity contribution is 6.07. The van der Waals surface area contributed by atoms with Crippen LogP contribution in [0.5, 0.6) is 5.75 Å². The van der Waals surface area contributed by atoms with E-state index >= 15 is 0 Å². The predicted octanol–water partition coefficient (Wildman–Crippen LogP) is 4.70. The molecule has 1 saturated carbocycles. The standard InChI is InChI=1S/C23H23N3O2/c24-22(25)16-10-8-15-9-11-17(13-18(15)12-16)23(27)26-19-4-3-7-21(14-19)28-20-5-1-2-6-20/h3-4,7-14,20H,1-2,5-6H2,(H3,24,25)(H,26,27). The number of hydrogen-bond acceptors (Lipinski definition) is 3. The summed E-state index contributed by atoms with van der Waals surface area (Å²) >= 11 is 0. The Morgan fingerprint density at radius 2 is 1.68 bits per heavy atom. The molecule has 1 aliphatic rings. The lowest BCUT2D eigenvalue weighted by molar-refractivity contribution is 0.102. The number of carbonyl (C=O) groups excluding carboxylic acids is 1. The third-order valence-electron chi connectivity index (χ3n) is 5.11. The molecule has 3 aromatic rings. The highest BCUT2D eigenvalue weighted by Crippen LogP contribution is 2.26. The zero-order chi connectivity index (χ0) is 19.5. The Morgan fingerprint density at radius 1 is 0.964 bits per heavy atom. The molecule has 0 radical (unpaired) electrons. The van der Waals surface area contributed by atoms with E-state index in [9.17, 15) is 4.79 Å². The van der Waals surface area contributed by atoms with Crippen molar-refractivity contribution in [2.45, 2.75) is 31.8 Å². The Bertz CT molecular complexity index is 1040. The van der Waals surface area contributed by atoms with Crippen LogP contribution in [0, 0.1) is 5.41 Å². The lowest BCUT2D eigenvalue weighted by Crippen LogP contribution is -2.13. The number of ether oxygens (including phenoxy) is 1. The van der Waals surface area contributed by atoms with Crippen LogP contribution in [0.25, 0.3) is 10.8 Å². The largest absolute Gasteiger partial charge is 0.490 e. The van der Waals surface area contributed by atoms with E-state index in [-0.39, 0.29) is 17.8 Å². The lowest BCUT2D eigenvalue weighted by atomic mass is 10.0. The fraction of sp³-hybridized carbons (Fsp3) is 0.217. The Labute approximate surface area is 164 Å². The maximum absolute atomic E-state index is 12.7. The molecule has 1 amide bonds. The van der Waals surface area contributed by atoms with Gasteiger partial charge in [0, 0.05) is 22.9 Å². The number of amides is 1. The molecule has 5 heteroatoms. The maximum Gasteiger partial charge on any atom is 0.255 e.